The average molecular weight is 290 g/mol. The number of H-pyrrole nitrogens is 1. The van der Waals surface area contributed by atoms with Crippen LogP contribution in [0, 0.1) is 0 Å². The molecule has 0 aliphatic rings. The monoisotopic (exact) mass is 290 g/mol. The number of hydrogen-bond donors (Lipinski definition) is 2. The molecule has 5 heteroatoms. The summed E-state index contributed by atoms with van der Waals surface area (Å²) in [5.74, 6) is 0.668. The summed E-state index contributed by atoms with van der Waals surface area (Å²) in [4.78, 5) is 17.6. The van der Waals surface area contributed by atoms with E-state index in [9.17, 15) is 9.90 Å². The molecule has 0 unspecified atom stereocenters. The Labute approximate surface area is 122 Å². The molecule has 0 aliphatic heterocycles. The van der Waals surface area contributed by atoms with Gasteiger partial charge in [-0.2, -0.15) is 4.98 Å². The van der Waals surface area contributed by atoms with Crippen molar-refractivity contribution in [2.24, 2.45) is 0 Å². The Hall–Kier alpha value is -1.75. The second kappa shape index (κ2) is 7.75. The van der Waals surface area contributed by atoms with E-state index in [0.717, 1.165) is 37.5 Å². The summed E-state index contributed by atoms with van der Waals surface area (Å²) >= 11 is 1.47. The maximum Gasteiger partial charge on any atom is 0.255 e. The average Bonchev–Trinajstić information content (AvgIpc) is 2.43. The lowest BCUT2D eigenvalue weighted by Gasteiger charge is -2.02. The Morgan fingerprint density at radius 3 is 2.70 bits per heavy atom. The van der Waals surface area contributed by atoms with Gasteiger partial charge in [0.05, 0.1) is 6.07 Å². The van der Waals surface area contributed by atoms with E-state index in [4.69, 9.17) is 0 Å². The molecule has 0 amide bonds. The van der Waals surface area contributed by atoms with Crippen LogP contribution in [0.15, 0.2) is 46.3 Å². The van der Waals surface area contributed by atoms with Gasteiger partial charge in [-0.05, 0) is 24.8 Å². The highest BCUT2D eigenvalue weighted by Crippen LogP contribution is 2.16. The molecule has 1 heterocycles. The van der Waals surface area contributed by atoms with E-state index >= 15 is 0 Å². The molecule has 0 atom stereocenters. The van der Waals surface area contributed by atoms with Crippen LogP contribution >= 0.6 is 11.8 Å². The molecule has 0 radical (unpaired) electrons. The highest BCUT2D eigenvalue weighted by atomic mass is 32.2. The lowest BCUT2D eigenvalue weighted by atomic mass is 10.1. The van der Waals surface area contributed by atoms with Crippen LogP contribution in [0.4, 0.5) is 0 Å². The molecule has 20 heavy (non-hydrogen) atoms. The zero-order valence-corrected chi connectivity index (χ0v) is 12.0. The summed E-state index contributed by atoms with van der Waals surface area (Å²) in [5, 5.41) is 9.70. The number of nitrogens with one attached hydrogen (secondary N) is 1. The zero-order chi connectivity index (χ0) is 14.2. The van der Waals surface area contributed by atoms with Gasteiger partial charge in [-0.3, -0.25) is 4.79 Å². The summed E-state index contributed by atoms with van der Waals surface area (Å²) < 4.78 is 0. The van der Waals surface area contributed by atoms with E-state index in [1.165, 1.54) is 17.3 Å². The fraction of sp³-hybridized carbons (Fsp3) is 0.333. The molecule has 0 spiro atoms. The Balaban J connectivity index is 1.63. The van der Waals surface area contributed by atoms with E-state index in [1.807, 2.05) is 6.07 Å². The fourth-order valence-corrected chi connectivity index (χ4v) is 2.79. The minimum Gasteiger partial charge on any atom is -0.493 e. The molecule has 1 aromatic carbocycles. The third-order valence-corrected chi connectivity index (χ3v) is 3.86. The number of aromatic amines is 1. The molecule has 0 fully saturated rings. The lowest BCUT2D eigenvalue weighted by molar-refractivity contribution is 0.444. The van der Waals surface area contributed by atoms with Gasteiger partial charge in [-0.1, -0.05) is 48.5 Å². The molecule has 2 N–H and O–H groups in total. The molecule has 106 valence electrons. The van der Waals surface area contributed by atoms with Crippen molar-refractivity contribution in [1.29, 1.82) is 0 Å². The van der Waals surface area contributed by atoms with Crippen molar-refractivity contribution in [3.63, 3.8) is 0 Å². The number of aryl methyl sites for hydroxylation is 1. The SMILES string of the molecule is O=c1cc(O)nc(SCCCCCc2ccccc2)[nH]1. The highest BCUT2D eigenvalue weighted by Gasteiger charge is 2.00. The summed E-state index contributed by atoms with van der Waals surface area (Å²) in [6.45, 7) is 0. The first-order valence-electron chi connectivity index (χ1n) is 6.71. The molecule has 0 saturated heterocycles. The second-order valence-electron chi connectivity index (χ2n) is 4.55. The van der Waals surface area contributed by atoms with Gasteiger partial charge in [-0.25, -0.2) is 0 Å². The van der Waals surface area contributed by atoms with Gasteiger partial charge in [0.2, 0.25) is 5.88 Å². The van der Waals surface area contributed by atoms with E-state index in [0.29, 0.717) is 5.16 Å². The number of nitrogens with zero attached hydrogens (tertiary/aromatic N) is 1. The fourth-order valence-electron chi connectivity index (χ4n) is 1.91. The van der Waals surface area contributed by atoms with Crippen LogP contribution in [0.1, 0.15) is 24.8 Å². The number of aromatic nitrogens is 2. The number of benzene rings is 1. The van der Waals surface area contributed by atoms with Crippen LogP contribution in [0.25, 0.3) is 0 Å². The maximum absolute atomic E-state index is 11.1. The number of hydrogen-bond acceptors (Lipinski definition) is 4. The molecule has 4 nitrogen and oxygen atoms in total. The second-order valence-corrected chi connectivity index (χ2v) is 5.64. The Bertz CT molecular complexity index is 584. The predicted molar refractivity (Wildman–Crippen MR) is 81.2 cm³/mol. The molecule has 0 saturated carbocycles. The molecule has 1 aromatic heterocycles. The van der Waals surface area contributed by atoms with Crippen molar-refractivity contribution in [3.05, 3.63) is 52.3 Å². The Morgan fingerprint density at radius 2 is 1.95 bits per heavy atom. The Morgan fingerprint density at radius 1 is 1.15 bits per heavy atom. The summed E-state index contributed by atoms with van der Waals surface area (Å²) in [6.07, 6.45) is 4.48. The largest absolute Gasteiger partial charge is 0.493 e. The minimum atomic E-state index is -0.316. The van der Waals surface area contributed by atoms with Crippen LogP contribution in [0.2, 0.25) is 0 Å². The summed E-state index contributed by atoms with van der Waals surface area (Å²) in [6, 6.07) is 11.5. The molecular weight excluding hydrogens is 272 g/mol. The van der Waals surface area contributed by atoms with Gasteiger partial charge in [0.1, 0.15) is 0 Å². The number of rotatable bonds is 7. The van der Waals surface area contributed by atoms with E-state index < -0.39 is 0 Å². The van der Waals surface area contributed by atoms with Gasteiger partial charge < -0.3 is 10.1 Å². The van der Waals surface area contributed by atoms with Crippen LogP contribution in [0.5, 0.6) is 5.88 Å². The predicted octanol–water partition coefficient (Wildman–Crippen LogP) is 2.98. The minimum absolute atomic E-state index is 0.222. The van der Waals surface area contributed by atoms with E-state index in [1.54, 1.807) is 0 Å². The van der Waals surface area contributed by atoms with Gasteiger partial charge >= 0.3 is 0 Å². The van der Waals surface area contributed by atoms with Crippen molar-refractivity contribution in [2.75, 3.05) is 5.75 Å². The molecule has 2 rings (SSSR count). The lowest BCUT2D eigenvalue weighted by Crippen LogP contribution is -2.06. The van der Waals surface area contributed by atoms with Gasteiger partial charge in [0, 0.05) is 5.75 Å². The third-order valence-electron chi connectivity index (χ3n) is 2.90. The number of aromatic hydroxyl groups is 1. The normalized spacial score (nSPS) is 10.6. The van der Waals surface area contributed by atoms with E-state index in [2.05, 4.69) is 34.2 Å². The number of unbranched alkanes of at least 4 members (excludes halogenated alkanes) is 2. The van der Waals surface area contributed by atoms with Crippen LogP contribution < -0.4 is 5.56 Å². The first-order valence-corrected chi connectivity index (χ1v) is 7.69. The maximum atomic E-state index is 11.1. The smallest absolute Gasteiger partial charge is 0.255 e. The van der Waals surface area contributed by atoms with Crippen LogP contribution in [0.3, 0.4) is 0 Å². The Kier molecular flexibility index (Phi) is 5.68. The van der Waals surface area contributed by atoms with Gasteiger partial charge in [0.15, 0.2) is 5.16 Å². The standard InChI is InChI=1S/C15H18N2O2S/c18-13-11-14(19)17-15(16-13)20-10-6-2-5-9-12-7-3-1-4-8-12/h1,3-4,7-8,11H,2,5-6,9-10H2,(H2,16,17,18,19). The van der Waals surface area contributed by atoms with Crippen molar-refractivity contribution in [2.45, 2.75) is 30.8 Å². The van der Waals surface area contributed by atoms with Gasteiger partial charge in [0.25, 0.3) is 5.56 Å². The molecular formula is C15H18N2O2S. The molecule has 2 aromatic rings. The van der Waals surface area contributed by atoms with Crippen LogP contribution in [-0.4, -0.2) is 20.8 Å². The molecule has 0 aliphatic carbocycles. The third kappa shape index (κ3) is 5.09. The summed E-state index contributed by atoms with van der Waals surface area (Å²) in [7, 11) is 0. The summed E-state index contributed by atoms with van der Waals surface area (Å²) in [5.41, 5.74) is 1.06. The topological polar surface area (TPSA) is 66.0 Å². The van der Waals surface area contributed by atoms with Crippen molar-refractivity contribution in [1.82, 2.24) is 9.97 Å². The first-order chi connectivity index (χ1) is 9.74. The van der Waals surface area contributed by atoms with E-state index in [-0.39, 0.29) is 11.4 Å². The molecule has 0 bridgehead atoms. The van der Waals surface area contributed by atoms with Crippen LogP contribution in [-0.2, 0) is 6.42 Å². The van der Waals surface area contributed by atoms with Gasteiger partial charge in [-0.15, -0.1) is 0 Å². The van der Waals surface area contributed by atoms with Crippen molar-refractivity contribution >= 4 is 11.8 Å². The quantitative estimate of drug-likeness (QED) is 0.467. The number of thioether (sulfide) groups is 1. The first kappa shape index (κ1) is 14.7. The van der Waals surface area contributed by atoms with Crippen molar-refractivity contribution in [3.8, 4) is 5.88 Å². The van der Waals surface area contributed by atoms with Crippen molar-refractivity contribution < 1.29 is 5.11 Å². The zero-order valence-electron chi connectivity index (χ0n) is 11.2. The highest BCUT2D eigenvalue weighted by molar-refractivity contribution is 7.99.